The van der Waals surface area contributed by atoms with Crippen molar-refractivity contribution in [1.82, 2.24) is 10.0 Å². The van der Waals surface area contributed by atoms with Gasteiger partial charge in [-0.25, -0.2) is 21.9 Å². The van der Waals surface area contributed by atoms with Crippen molar-refractivity contribution in [2.45, 2.75) is 31.2 Å². The normalized spacial score (nSPS) is 12.2. The molecule has 0 aromatic heterocycles. The number of halogens is 2. The summed E-state index contributed by atoms with van der Waals surface area (Å²) in [5, 5.41) is 2.53. The third-order valence-electron chi connectivity index (χ3n) is 2.28. The van der Waals surface area contributed by atoms with Gasteiger partial charge in [0.15, 0.2) is 0 Å². The molecule has 1 aromatic rings. The van der Waals surface area contributed by atoms with E-state index in [1.54, 1.807) is 20.8 Å². The lowest BCUT2D eigenvalue weighted by molar-refractivity contribution is -0.121. The third-order valence-corrected chi connectivity index (χ3v) is 3.69. The number of hydrogen-bond acceptors (Lipinski definition) is 4. The average Bonchev–Trinajstić information content (AvgIpc) is 2.29. The Labute approximate surface area is 121 Å². The summed E-state index contributed by atoms with van der Waals surface area (Å²) in [6.07, 6.45) is 0. The predicted octanol–water partition coefficient (Wildman–Crippen LogP) is 0.740. The van der Waals surface area contributed by atoms with Gasteiger partial charge in [-0.2, -0.15) is 0 Å². The fraction of sp³-hybridized carbons (Fsp3) is 0.417. The van der Waals surface area contributed by atoms with Crippen LogP contribution in [0.15, 0.2) is 17.0 Å². The largest absolute Gasteiger partial charge is 0.396 e. The van der Waals surface area contributed by atoms with Crippen LogP contribution in [0.5, 0.6) is 0 Å². The maximum atomic E-state index is 13.5. The number of carbonyl (C=O) groups excluding carboxylic acids is 1. The van der Waals surface area contributed by atoms with Gasteiger partial charge in [0, 0.05) is 11.6 Å². The van der Waals surface area contributed by atoms with Gasteiger partial charge in [-0.05, 0) is 26.8 Å². The van der Waals surface area contributed by atoms with Gasteiger partial charge in [0.25, 0.3) is 0 Å². The van der Waals surface area contributed by atoms with E-state index in [0.29, 0.717) is 12.1 Å². The summed E-state index contributed by atoms with van der Waals surface area (Å²) in [4.78, 5) is 10.7. The van der Waals surface area contributed by atoms with E-state index < -0.39 is 50.2 Å². The van der Waals surface area contributed by atoms with Crippen LogP contribution in [-0.4, -0.2) is 26.4 Å². The van der Waals surface area contributed by atoms with Crippen molar-refractivity contribution >= 4 is 21.6 Å². The van der Waals surface area contributed by atoms with Crippen molar-refractivity contribution in [2.24, 2.45) is 0 Å². The topological polar surface area (TPSA) is 101 Å². The molecule has 118 valence electrons. The van der Waals surface area contributed by atoms with E-state index in [-0.39, 0.29) is 0 Å². The van der Waals surface area contributed by atoms with Gasteiger partial charge in [-0.1, -0.05) is 0 Å². The summed E-state index contributed by atoms with van der Waals surface area (Å²) >= 11 is 0. The molecule has 6 nitrogen and oxygen atoms in total. The number of amides is 1. The number of nitrogens with two attached hydrogens (primary N) is 1. The molecule has 0 radical (unpaired) electrons. The minimum Gasteiger partial charge on any atom is -0.396 e. The van der Waals surface area contributed by atoms with Crippen molar-refractivity contribution in [2.75, 3.05) is 12.3 Å². The minimum atomic E-state index is -4.31. The number of rotatable bonds is 4. The first-order valence-corrected chi connectivity index (χ1v) is 7.46. The van der Waals surface area contributed by atoms with Crippen molar-refractivity contribution in [3.8, 4) is 0 Å². The van der Waals surface area contributed by atoms with Gasteiger partial charge in [-0.15, -0.1) is 0 Å². The predicted molar refractivity (Wildman–Crippen MR) is 73.9 cm³/mol. The third kappa shape index (κ3) is 4.94. The summed E-state index contributed by atoms with van der Waals surface area (Å²) in [5.41, 5.74) is 4.17. The highest BCUT2D eigenvalue weighted by molar-refractivity contribution is 7.89. The van der Waals surface area contributed by atoms with Gasteiger partial charge < -0.3 is 11.1 Å². The number of sulfonamides is 1. The van der Waals surface area contributed by atoms with Crippen molar-refractivity contribution in [3.05, 3.63) is 23.8 Å². The van der Waals surface area contributed by atoms with Crippen LogP contribution in [0, 0.1) is 11.6 Å². The molecule has 21 heavy (non-hydrogen) atoms. The zero-order chi connectivity index (χ0) is 16.4. The first kappa shape index (κ1) is 17.3. The summed E-state index contributed by atoms with van der Waals surface area (Å²) in [7, 11) is -4.31. The van der Waals surface area contributed by atoms with E-state index in [4.69, 9.17) is 5.73 Å². The van der Waals surface area contributed by atoms with Crippen molar-refractivity contribution in [3.63, 3.8) is 0 Å². The van der Waals surface area contributed by atoms with Crippen LogP contribution in [0.2, 0.25) is 0 Å². The molecule has 0 atom stereocenters. The van der Waals surface area contributed by atoms with E-state index in [1.165, 1.54) is 0 Å². The molecule has 0 aliphatic carbocycles. The van der Waals surface area contributed by atoms with Gasteiger partial charge in [-0.3, -0.25) is 4.79 Å². The Morgan fingerprint density at radius 2 is 1.81 bits per heavy atom. The second-order valence-corrected chi connectivity index (χ2v) is 7.16. The number of hydrogen-bond donors (Lipinski definition) is 3. The van der Waals surface area contributed by atoms with Gasteiger partial charge >= 0.3 is 0 Å². The quantitative estimate of drug-likeness (QED) is 0.712. The van der Waals surface area contributed by atoms with Crippen LogP contribution in [0.4, 0.5) is 14.5 Å². The molecular formula is C12H17F2N3O3S. The standard InChI is InChI=1S/C12H17F2N3O3S/c1-12(2,3)17-11(18)6-16-21(19,20)10-5-9(15)7(13)4-8(10)14/h4-5,16H,6,15H2,1-3H3,(H,17,18). The second kappa shape index (κ2) is 5.94. The van der Waals surface area contributed by atoms with Crippen LogP contribution in [0.25, 0.3) is 0 Å². The van der Waals surface area contributed by atoms with Gasteiger partial charge in [0.05, 0.1) is 12.2 Å². The fourth-order valence-electron chi connectivity index (χ4n) is 1.45. The summed E-state index contributed by atoms with van der Waals surface area (Å²) in [6, 6.07) is 1.04. The molecule has 0 fully saturated rings. The van der Waals surface area contributed by atoms with E-state index in [9.17, 15) is 22.0 Å². The molecule has 0 spiro atoms. The number of nitrogens with one attached hydrogen (secondary N) is 2. The maximum Gasteiger partial charge on any atom is 0.244 e. The summed E-state index contributed by atoms with van der Waals surface area (Å²) in [5.74, 6) is -2.93. The lowest BCUT2D eigenvalue weighted by Gasteiger charge is -2.20. The molecule has 0 saturated heterocycles. The van der Waals surface area contributed by atoms with Gasteiger partial charge in [0.2, 0.25) is 15.9 Å². The van der Waals surface area contributed by atoms with E-state index in [2.05, 4.69) is 5.32 Å². The molecule has 0 aliphatic rings. The molecule has 0 saturated carbocycles. The highest BCUT2D eigenvalue weighted by atomic mass is 32.2. The first-order valence-electron chi connectivity index (χ1n) is 5.97. The summed E-state index contributed by atoms with van der Waals surface area (Å²) < 4.78 is 52.2. The van der Waals surface area contributed by atoms with Gasteiger partial charge in [0.1, 0.15) is 16.5 Å². The lowest BCUT2D eigenvalue weighted by atomic mass is 10.1. The minimum absolute atomic E-state index is 0.374. The van der Waals surface area contributed by atoms with Crippen LogP contribution in [-0.2, 0) is 14.8 Å². The smallest absolute Gasteiger partial charge is 0.244 e. The van der Waals surface area contributed by atoms with Crippen molar-refractivity contribution < 1.29 is 22.0 Å². The Morgan fingerprint density at radius 3 is 2.33 bits per heavy atom. The zero-order valence-electron chi connectivity index (χ0n) is 11.8. The number of anilines is 1. The van der Waals surface area contributed by atoms with Crippen LogP contribution in [0.1, 0.15) is 20.8 Å². The molecule has 9 heteroatoms. The summed E-state index contributed by atoms with van der Waals surface area (Å²) in [6.45, 7) is 4.59. The fourth-order valence-corrected chi connectivity index (χ4v) is 2.53. The highest BCUT2D eigenvalue weighted by Crippen LogP contribution is 2.20. The molecule has 0 aliphatic heterocycles. The molecule has 1 rings (SSSR count). The Hall–Kier alpha value is -1.74. The average molecular weight is 321 g/mol. The second-order valence-electron chi connectivity index (χ2n) is 5.43. The van der Waals surface area contributed by atoms with Crippen LogP contribution in [0.3, 0.4) is 0 Å². The molecule has 0 heterocycles. The first-order chi connectivity index (χ1) is 9.42. The molecule has 0 bridgehead atoms. The number of benzene rings is 1. The monoisotopic (exact) mass is 321 g/mol. The number of carbonyl (C=O) groups is 1. The molecule has 4 N–H and O–H groups in total. The van der Waals surface area contributed by atoms with E-state index in [1.807, 2.05) is 4.72 Å². The zero-order valence-corrected chi connectivity index (χ0v) is 12.6. The van der Waals surface area contributed by atoms with E-state index in [0.717, 1.165) is 0 Å². The lowest BCUT2D eigenvalue weighted by Crippen LogP contribution is -2.45. The molecule has 1 amide bonds. The Kier molecular flexibility index (Phi) is 4.90. The van der Waals surface area contributed by atoms with Crippen molar-refractivity contribution in [1.29, 1.82) is 0 Å². The maximum absolute atomic E-state index is 13.5. The Morgan fingerprint density at radius 1 is 1.24 bits per heavy atom. The Balaban J connectivity index is 2.88. The van der Waals surface area contributed by atoms with Crippen LogP contribution >= 0.6 is 0 Å². The van der Waals surface area contributed by atoms with Crippen LogP contribution < -0.4 is 15.8 Å². The van der Waals surface area contributed by atoms with E-state index >= 15 is 0 Å². The molecule has 1 aromatic carbocycles. The molecular weight excluding hydrogens is 304 g/mol. The Bertz CT molecular complexity index is 654. The highest BCUT2D eigenvalue weighted by Gasteiger charge is 2.23. The SMILES string of the molecule is CC(C)(C)NC(=O)CNS(=O)(=O)c1cc(N)c(F)cc1F. The number of nitrogen functional groups attached to an aromatic ring is 1. The molecule has 0 unspecified atom stereocenters.